The molecular formula is C14H25N3. The zero-order chi connectivity index (χ0) is 12.8. The van der Waals surface area contributed by atoms with E-state index in [0.717, 1.165) is 0 Å². The lowest BCUT2D eigenvalue weighted by molar-refractivity contribution is 0.157. The summed E-state index contributed by atoms with van der Waals surface area (Å²) in [6.45, 7) is 6.55. The van der Waals surface area contributed by atoms with E-state index < -0.39 is 0 Å². The van der Waals surface area contributed by atoms with Gasteiger partial charge in [-0.25, -0.2) is 0 Å². The molecule has 0 aliphatic carbocycles. The van der Waals surface area contributed by atoms with Gasteiger partial charge in [-0.2, -0.15) is 0 Å². The lowest BCUT2D eigenvalue weighted by Crippen LogP contribution is -2.41. The van der Waals surface area contributed by atoms with E-state index in [1.54, 1.807) is 0 Å². The fourth-order valence-electron chi connectivity index (χ4n) is 2.37. The van der Waals surface area contributed by atoms with Crippen LogP contribution >= 0.6 is 0 Å². The van der Waals surface area contributed by atoms with Crippen LogP contribution < -0.4 is 5.73 Å². The Morgan fingerprint density at radius 3 is 2.35 bits per heavy atom. The average molecular weight is 235 g/mol. The predicted molar refractivity (Wildman–Crippen MR) is 72.8 cm³/mol. The first-order valence-electron chi connectivity index (χ1n) is 6.45. The Balaban J connectivity index is 2.86. The Labute approximate surface area is 105 Å². The zero-order valence-electron chi connectivity index (χ0n) is 11.4. The van der Waals surface area contributed by atoms with Crippen molar-refractivity contribution in [2.24, 2.45) is 5.73 Å². The van der Waals surface area contributed by atoms with Gasteiger partial charge in [-0.1, -0.05) is 13.3 Å². The van der Waals surface area contributed by atoms with Crippen LogP contribution in [0.15, 0.2) is 24.5 Å². The van der Waals surface area contributed by atoms with Crippen molar-refractivity contribution in [2.75, 3.05) is 7.05 Å². The number of nitrogens with two attached hydrogens (primary N) is 1. The lowest BCUT2D eigenvalue weighted by atomic mass is 9.98. The van der Waals surface area contributed by atoms with Gasteiger partial charge in [-0.15, -0.1) is 0 Å². The van der Waals surface area contributed by atoms with Gasteiger partial charge in [0.1, 0.15) is 0 Å². The normalized spacial score (nSPS) is 16.8. The SMILES string of the molecule is CCCC(C)N(C)C(c1ccncc1)C(C)N. The summed E-state index contributed by atoms with van der Waals surface area (Å²) in [7, 11) is 2.16. The van der Waals surface area contributed by atoms with Gasteiger partial charge in [-0.05, 0) is 45.0 Å². The minimum absolute atomic E-state index is 0.113. The molecule has 3 nitrogen and oxygen atoms in total. The second-order valence-corrected chi connectivity index (χ2v) is 4.89. The van der Waals surface area contributed by atoms with Crippen LogP contribution in [-0.2, 0) is 0 Å². The molecule has 0 saturated heterocycles. The minimum atomic E-state index is 0.113. The summed E-state index contributed by atoms with van der Waals surface area (Å²) >= 11 is 0. The van der Waals surface area contributed by atoms with Crippen molar-refractivity contribution in [1.29, 1.82) is 0 Å². The van der Waals surface area contributed by atoms with E-state index in [2.05, 4.69) is 49.8 Å². The van der Waals surface area contributed by atoms with Crippen LogP contribution in [0.4, 0.5) is 0 Å². The summed E-state index contributed by atoms with van der Waals surface area (Å²) < 4.78 is 0. The Kier molecular flexibility index (Phi) is 5.59. The topological polar surface area (TPSA) is 42.2 Å². The first-order valence-corrected chi connectivity index (χ1v) is 6.45. The molecule has 0 fully saturated rings. The molecule has 1 aromatic rings. The van der Waals surface area contributed by atoms with Crippen molar-refractivity contribution in [3.8, 4) is 0 Å². The molecule has 1 rings (SSSR count). The molecule has 0 radical (unpaired) electrons. The minimum Gasteiger partial charge on any atom is -0.326 e. The Bertz CT molecular complexity index is 311. The second-order valence-electron chi connectivity index (χ2n) is 4.89. The number of likely N-dealkylation sites (N-methyl/N-ethyl adjacent to an activating group) is 1. The van der Waals surface area contributed by atoms with E-state index in [4.69, 9.17) is 5.73 Å². The highest BCUT2D eigenvalue weighted by molar-refractivity contribution is 5.17. The number of pyridine rings is 1. The van der Waals surface area contributed by atoms with E-state index in [0.29, 0.717) is 6.04 Å². The first kappa shape index (κ1) is 14.1. The summed E-state index contributed by atoms with van der Waals surface area (Å²) in [6.07, 6.45) is 6.07. The Morgan fingerprint density at radius 1 is 1.29 bits per heavy atom. The van der Waals surface area contributed by atoms with Crippen LogP contribution in [0.1, 0.15) is 45.2 Å². The van der Waals surface area contributed by atoms with E-state index >= 15 is 0 Å². The van der Waals surface area contributed by atoms with Crippen LogP contribution in [-0.4, -0.2) is 29.0 Å². The molecule has 1 heterocycles. The molecule has 0 aromatic carbocycles. The second kappa shape index (κ2) is 6.72. The van der Waals surface area contributed by atoms with Crippen molar-refractivity contribution < 1.29 is 0 Å². The molecule has 0 aliphatic heterocycles. The van der Waals surface area contributed by atoms with Gasteiger partial charge in [-0.3, -0.25) is 9.88 Å². The maximum Gasteiger partial charge on any atom is 0.0497 e. The summed E-state index contributed by atoms with van der Waals surface area (Å²) in [5.41, 5.74) is 7.39. The Morgan fingerprint density at radius 2 is 1.88 bits per heavy atom. The van der Waals surface area contributed by atoms with Crippen molar-refractivity contribution in [3.63, 3.8) is 0 Å². The quantitative estimate of drug-likeness (QED) is 0.824. The molecular weight excluding hydrogens is 210 g/mol. The van der Waals surface area contributed by atoms with Gasteiger partial charge in [0.15, 0.2) is 0 Å². The molecule has 0 aliphatic rings. The fourth-order valence-corrected chi connectivity index (χ4v) is 2.37. The first-order chi connectivity index (χ1) is 8.07. The molecule has 3 atom stereocenters. The van der Waals surface area contributed by atoms with E-state index in [9.17, 15) is 0 Å². The van der Waals surface area contributed by atoms with Gasteiger partial charge in [0, 0.05) is 30.5 Å². The van der Waals surface area contributed by atoms with Crippen LogP contribution in [0.3, 0.4) is 0 Å². The standard InChI is InChI=1S/C14H25N3/c1-5-6-11(2)17(4)14(12(3)15)13-7-9-16-10-8-13/h7-12,14H,5-6,15H2,1-4H3. The molecule has 3 heteroatoms. The average Bonchev–Trinajstić information content (AvgIpc) is 2.30. The third kappa shape index (κ3) is 3.79. The van der Waals surface area contributed by atoms with Crippen molar-refractivity contribution in [2.45, 2.75) is 51.7 Å². The third-order valence-corrected chi connectivity index (χ3v) is 3.39. The van der Waals surface area contributed by atoms with Gasteiger partial charge in [0.25, 0.3) is 0 Å². The highest BCUT2D eigenvalue weighted by atomic mass is 15.2. The van der Waals surface area contributed by atoms with Crippen LogP contribution in [0.2, 0.25) is 0 Å². The predicted octanol–water partition coefficient (Wildman–Crippen LogP) is 2.59. The lowest BCUT2D eigenvalue weighted by Gasteiger charge is -2.35. The van der Waals surface area contributed by atoms with Crippen molar-refractivity contribution in [1.82, 2.24) is 9.88 Å². The zero-order valence-corrected chi connectivity index (χ0v) is 11.4. The molecule has 2 N–H and O–H groups in total. The number of hydrogen-bond donors (Lipinski definition) is 1. The van der Waals surface area contributed by atoms with Crippen molar-refractivity contribution >= 4 is 0 Å². The fraction of sp³-hybridized carbons (Fsp3) is 0.643. The van der Waals surface area contributed by atoms with Crippen LogP contribution in [0.25, 0.3) is 0 Å². The molecule has 0 spiro atoms. The molecule has 3 unspecified atom stereocenters. The maximum absolute atomic E-state index is 6.14. The number of aromatic nitrogens is 1. The number of nitrogens with zero attached hydrogens (tertiary/aromatic N) is 2. The highest BCUT2D eigenvalue weighted by Gasteiger charge is 2.24. The number of hydrogen-bond acceptors (Lipinski definition) is 3. The van der Waals surface area contributed by atoms with Gasteiger partial charge < -0.3 is 5.73 Å². The van der Waals surface area contributed by atoms with Gasteiger partial charge in [0.2, 0.25) is 0 Å². The molecule has 0 bridgehead atoms. The van der Waals surface area contributed by atoms with Crippen LogP contribution in [0, 0.1) is 0 Å². The van der Waals surface area contributed by atoms with Crippen LogP contribution in [0.5, 0.6) is 0 Å². The molecule has 17 heavy (non-hydrogen) atoms. The summed E-state index contributed by atoms with van der Waals surface area (Å²) in [4.78, 5) is 6.45. The summed E-state index contributed by atoms with van der Waals surface area (Å²) in [6, 6.07) is 5.04. The summed E-state index contributed by atoms with van der Waals surface area (Å²) in [5.74, 6) is 0. The molecule has 1 aromatic heterocycles. The highest BCUT2D eigenvalue weighted by Crippen LogP contribution is 2.24. The van der Waals surface area contributed by atoms with Gasteiger partial charge >= 0.3 is 0 Å². The molecule has 0 amide bonds. The molecule has 0 saturated carbocycles. The maximum atomic E-state index is 6.14. The largest absolute Gasteiger partial charge is 0.326 e. The number of rotatable bonds is 6. The Hall–Kier alpha value is -0.930. The monoisotopic (exact) mass is 235 g/mol. The third-order valence-electron chi connectivity index (χ3n) is 3.39. The van der Waals surface area contributed by atoms with E-state index in [-0.39, 0.29) is 12.1 Å². The molecule has 96 valence electrons. The van der Waals surface area contributed by atoms with E-state index in [1.165, 1.54) is 18.4 Å². The summed E-state index contributed by atoms with van der Waals surface area (Å²) in [5, 5.41) is 0. The van der Waals surface area contributed by atoms with Gasteiger partial charge in [0.05, 0.1) is 0 Å². The smallest absolute Gasteiger partial charge is 0.0497 e. The van der Waals surface area contributed by atoms with Crippen molar-refractivity contribution in [3.05, 3.63) is 30.1 Å². The van der Waals surface area contributed by atoms with E-state index in [1.807, 2.05) is 12.4 Å².